The van der Waals surface area contributed by atoms with Gasteiger partial charge in [0.25, 0.3) is 11.8 Å². The number of carbonyl (C=O) groups excluding carboxylic acids is 2. The van der Waals surface area contributed by atoms with Gasteiger partial charge in [-0.3, -0.25) is 20.4 Å². The molecule has 0 saturated carbocycles. The first-order chi connectivity index (χ1) is 11.5. The molecule has 6 nitrogen and oxygen atoms in total. The molecule has 0 aliphatic heterocycles. The Hall–Kier alpha value is -3.12. The van der Waals surface area contributed by atoms with Gasteiger partial charge in [-0.15, -0.1) is 0 Å². The third kappa shape index (κ3) is 3.28. The molecular formula is C17H12ClN3O3. The molecule has 0 unspecified atom stereocenters. The lowest BCUT2D eigenvalue weighted by atomic mass is 10.1. The van der Waals surface area contributed by atoms with Crippen molar-refractivity contribution in [1.29, 1.82) is 0 Å². The normalized spacial score (nSPS) is 10.4. The molecule has 0 fully saturated rings. The Balaban J connectivity index is 1.72. The molecule has 3 N–H and O–H groups in total. The number of amides is 2. The van der Waals surface area contributed by atoms with Crippen LogP contribution in [-0.2, 0) is 0 Å². The summed E-state index contributed by atoms with van der Waals surface area (Å²) >= 11 is 5.82. The molecule has 120 valence electrons. The van der Waals surface area contributed by atoms with Crippen LogP contribution in [-0.4, -0.2) is 21.9 Å². The zero-order valence-electron chi connectivity index (χ0n) is 12.3. The smallest absolute Gasteiger partial charge is 0.273 e. The molecule has 0 spiro atoms. The predicted octanol–water partition coefficient (Wildman–Crippen LogP) is 2.67. The lowest BCUT2D eigenvalue weighted by molar-refractivity contribution is 0.0845. The molecule has 2 aromatic carbocycles. The highest BCUT2D eigenvalue weighted by Crippen LogP contribution is 2.17. The van der Waals surface area contributed by atoms with E-state index in [9.17, 15) is 14.7 Å². The Morgan fingerprint density at radius 2 is 1.71 bits per heavy atom. The highest BCUT2D eigenvalue weighted by molar-refractivity contribution is 6.29. The van der Waals surface area contributed by atoms with Gasteiger partial charge in [0.15, 0.2) is 0 Å². The van der Waals surface area contributed by atoms with Gasteiger partial charge in [0.2, 0.25) is 0 Å². The number of nitrogens with one attached hydrogen (secondary N) is 2. The third-order valence-electron chi connectivity index (χ3n) is 3.36. The molecule has 0 aliphatic rings. The average Bonchev–Trinajstić information content (AvgIpc) is 2.59. The number of carbonyl (C=O) groups is 2. The maximum atomic E-state index is 12.1. The molecule has 7 heteroatoms. The monoisotopic (exact) mass is 341 g/mol. The zero-order valence-corrected chi connectivity index (χ0v) is 13.0. The first kappa shape index (κ1) is 15.8. The van der Waals surface area contributed by atoms with E-state index in [4.69, 9.17) is 11.6 Å². The van der Waals surface area contributed by atoms with Crippen molar-refractivity contribution in [2.75, 3.05) is 0 Å². The number of fused-ring (bicyclic) bond motifs is 1. The summed E-state index contributed by atoms with van der Waals surface area (Å²) in [4.78, 5) is 28.2. The van der Waals surface area contributed by atoms with E-state index in [0.29, 0.717) is 16.2 Å². The van der Waals surface area contributed by atoms with Gasteiger partial charge in [0.1, 0.15) is 10.9 Å². The van der Waals surface area contributed by atoms with Crippen LogP contribution in [0.4, 0.5) is 0 Å². The van der Waals surface area contributed by atoms with Crippen LogP contribution in [0.2, 0.25) is 5.15 Å². The average molecular weight is 342 g/mol. The van der Waals surface area contributed by atoms with E-state index >= 15 is 0 Å². The van der Waals surface area contributed by atoms with Crippen LogP contribution in [0.1, 0.15) is 20.7 Å². The number of aromatic nitrogens is 1. The maximum Gasteiger partial charge on any atom is 0.273 e. The van der Waals surface area contributed by atoms with Crippen molar-refractivity contribution in [2.45, 2.75) is 0 Å². The summed E-state index contributed by atoms with van der Waals surface area (Å²) in [6.07, 6.45) is 0. The van der Waals surface area contributed by atoms with E-state index in [1.54, 1.807) is 42.5 Å². The van der Waals surface area contributed by atoms with Gasteiger partial charge in [-0.2, -0.15) is 0 Å². The van der Waals surface area contributed by atoms with Crippen molar-refractivity contribution >= 4 is 34.3 Å². The third-order valence-corrected chi connectivity index (χ3v) is 3.57. The van der Waals surface area contributed by atoms with Gasteiger partial charge >= 0.3 is 0 Å². The summed E-state index contributed by atoms with van der Waals surface area (Å²) in [5.74, 6) is -1.27. The fourth-order valence-electron chi connectivity index (χ4n) is 2.16. The number of benzene rings is 2. The van der Waals surface area contributed by atoms with Crippen LogP contribution in [0.3, 0.4) is 0 Å². The summed E-state index contributed by atoms with van der Waals surface area (Å²) in [7, 11) is 0. The van der Waals surface area contributed by atoms with Gasteiger partial charge in [-0.05, 0) is 42.5 Å². The van der Waals surface area contributed by atoms with E-state index in [0.717, 1.165) is 5.39 Å². The molecule has 1 aromatic heterocycles. The Kier molecular flexibility index (Phi) is 4.31. The van der Waals surface area contributed by atoms with Crippen molar-refractivity contribution in [1.82, 2.24) is 15.8 Å². The summed E-state index contributed by atoms with van der Waals surface area (Å²) in [5, 5.41) is 10.7. The van der Waals surface area contributed by atoms with Gasteiger partial charge in [0.05, 0.1) is 11.1 Å². The fraction of sp³-hybridized carbons (Fsp3) is 0. The first-order valence-corrected chi connectivity index (χ1v) is 7.37. The van der Waals surface area contributed by atoms with Crippen molar-refractivity contribution in [3.63, 3.8) is 0 Å². The topological polar surface area (TPSA) is 91.3 Å². The Morgan fingerprint density at radius 1 is 0.958 bits per heavy atom. The number of hydrogen-bond donors (Lipinski definition) is 3. The predicted molar refractivity (Wildman–Crippen MR) is 89.8 cm³/mol. The molecule has 0 bridgehead atoms. The van der Waals surface area contributed by atoms with Crippen LogP contribution in [0.25, 0.3) is 10.9 Å². The number of halogens is 1. The minimum absolute atomic E-state index is 0.0650. The molecule has 3 aromatic rings. The van der Waals surface area contributed by atoms with Gasteiger partial charge in [0, 0.05) is 10.9 Å². The summed E-state index contributed by atoms with van der Waals surface area (Å²) in [5.41, 5.74) is 5.64. The van der Waals surface area contributed by atoms with Crippen LogP contribution in [0, 0.1) is 0 Å². The number of aromatic hydroxyl groups is 1. The van der Waals surface area contributed by atoms with Gasteiger partial charge in [-0.25, -0.2) is 4.98 Å². The first-order valence-electron chi connectivity index (χ1n) is 6.99. The number of pyridine rings is 1. The summed E-state index contributed by atoms with van der Waals surface area (Å²) in [6, 6.07) is 14.3. The van der Waals surface area contributed by atoms with E-state index in [2.05, 4.69) is 15.8 Å². The zero-order chi connectivity index (χ0) is 17.1. The van der Waals surface area contributed by atoms with E-state index < -0.39 is 11.8 Å². The number of hydrazine groups is 1. The molecule has 2 amide bonds. The SMILES string of the molecule is O=C(NNC(=O)c1ccccc1O)c1ccc2nc(Cl)ccc2c1. The van der Waals surface area contributed by atoms with Gasteiger partial charge in [-0.1, -0.05) is 23.7 Å². The van der Waals surface area contributed by atoms with Gasteiger partial charge < -0.3 is 5.11 Å². The molecule has 0 atom stereocenters. The number of phenols is 1. The largest absolute Gasteiger partial charge is 0.507 e. The molecular weight excluding hydrogens is 330 g/mol. The lowest BCUT2D eigenvalue weighted by Gasteiger charge is -2.09. The molecule has 1 heterocycles. The summed E-state index contributed by atoms with van der Waals surface area (Å²) < 4.78 is 0. The second-order valence-electron chi connectivity index (χ2n) is 4.97. The van der Waals surface area contributed by atoms with Crippen LogP contribution in [0.5, 0.6) is 5.75 Å². The Bertz CT molecular complexity index is 943. The maximum absolute atomic E-state index is 12.1. The second-order valence-corrected chi connectivity index (χ2v) is 5.35. The number of rotatable bonds is 2. The van der Waals surface area contributed by atoms with E-state index in [1.807, 2.05) is 0 Å². The number of hydrogen-bond acceptors (Lipinski definition) is 4. The van der Waals surface area contributed by atoms with E-state index in [-0.39, 0.29) is 11.3 Å². The molecule has 0 saturated heterocycles. The lowest BCUT2D eigenvalue weighted by Crippen LogP contribution is -2.41. The van der Waals surface area contributed by atoms with Crippen molar-refractivity contribution < 1.29 is 14.7 Å². The van der Waals surface area contributed by atoms with Crippen LogP contribution < -0.4 is 10.9 Å². The highest BCUT2D eigenvalue weighted by atomic mass is 35.5. The van der Waals surface area contributed by atoms with Crippen molar-refractivity contribution in [2.24, 2.45) is 0 Å². The summed E-state index contributed by atoms with van der Waals surface area (Å²) in [6.45, 7) is 0. The van der Waals surface area contributed by atoms with E-state index in [1.165, 1.54) is 12.1 Å². The highest BCUT2D eigenvalue weighted by Gasteiger charge is 2.12. The fourth-order valence-corrected chi connectivity index (χ4v) is 2.31. The minimum atomic E-state index is -0.615. The second kappa shape index (κ2) is 6.55. The Labute approximate surface area is 142 Å². The number of nitrogens with zero attached hydrogens (tertiary/aromatic N) is 1. The molecule has 0 aliphatic carbocycles. The molecule has 24 heavy (non-hydrogen) atoms. The molecule has 3 rings (SSSR count). The van der Waals surface area contributed by atoms with Crippen molar-refractivity contribution in [3.8, 4) is 5.75 Å². The number of phenolic OH excluding ortho intramolecular Hbond substituents is 1. The standard InChI is InChI=1S/C17H12ClN3O3/c18-15-8-6-10-9-11(5-7-13(10)19-15)16(23)20-21-17(24)12-3-1-2-4-14(12)22/h1-9,22H,(H,20,23)(H,21,24). The van der Waals surface area contributed by atoms with Crippen LogP contribution in [0.15, 0.2) is 54.6 Å². The van der Waals surface area contributed by atoms with Crippen LogP contribution >= 0.6 is 11.6 Å². The molecule has 0 radical (unpaired) electrons. The minimum Gasteiger partial charge on any atom is -0.507 e. The Morgan fingerprint density at radius 3 is 2.50 bits per heavy atom. The quantitative estimate of drug-likeness (QED) is 0.493. The number of para-hydroxylation sites is 1. The van der Waals surface area contributed by atoms with Crippen molar-refractivity contribution in [3.05, 3.63) is 70.9 Å².